The summed E-state index contributed by atoms with van der Waals surface area (Å²) in [6, 6.07) is 0.518. The molecule has 24 heavy (non-hydrogen) atoms. The molecule has 0 spiro atoms. The highest BCUT2D eigenvalue weighted by molar-refractivity contribution is 14.0. The molecule has 0 aromatic rings. The van der Waals surface area contributed by atoms with Gasteiger partial charge in [-0.05, 0) is 25.2 Å². The van der Waals surface area contributed by atoms with Crippen LogP contribution in [0.15, 0.2) is 4.99 Å². The molecule has 2 atom stereocenters. The van der Waals surface area contributed by atoms with Gasteiger partial charge in [-0.1, -0.05) is 0 Å². The molecule has 2 heterocycles. The lowest BCUT2D eigenvalue weighted by Gasteiger charge is -2.35. The minimum absolute atomic E-state index is 0. The van der Waals surface area contributed by atoms with Crippen LogP contribution < -0.4 is 5.32 Å². The number of sulfone groups is 1. The van der Waals surface area contributed by atoms with Gasteiger partial charge >= 0.3 is 0 Å². The fourth-order valence-electron chi connectivity index (χ4n) is 3.08. The molecule has 2 aliphatic heterocycles. The molecule has 3 aliphatic rings. The number of ether oxygens (including phenoxy) is 2. The Balaban J connectivity index is 0.00000208. The van der Waals surface area contributed by atoms with Gasteiger partial charge in [0.2, 0.25) is 0 Å². The van der Waals surface area contributed by atoms with Gasteiger partial charge in [0, 0.05) is 32.8 Å². The smallest absolute Gasteiger partial charge is 0.194 e. The van der Waals surface area contributed by atoms with Crippen LogP contribution in [0.5, 0.6) is 0 Å². The lowest BCUT2D eigenvalue weighted by Crippen LogP contribution is -2.52. The molecule has 1 N–H and O–H groups in total. The number of hydrogen-bond donors (Lipinski definition) is 1. The minimum atomic E-state index is -2.83. The second-order valence-electron chi connectivity index (χ2n) is 6.75. The van der Waals surface area contributed by atoms with Gasteiger partial charge in [0.25, 0.3) is 0 Å². The second-order valence-corrected chi connectivity index (χ2v) is 8.97. The van der Waals surface area contributed by atoms with Gasteiger partial charge in [-0.2, -0.15) is 0 Å². The molecule has 0 radical (unpaired) electrons. The molecule has 0 amide bonds. The van der Waals surface area contributed by atoms with Crippen molar-refractivity contribution in [3.63, 3.8) is 0 Å². The Morgan fingerprint density at radius 2 is 2.17 bits per heavy atom. The van der Waals surface area contributed by atoms with Gasteiger partial charge in [0.1, 0.15) is 0 Å². The SMILES string of the molecule is COCC1CN(C(=NCC2CCS(=O)(=O)C2)NC2CC2)CCO1.I. The molecule has 0 aromatic heterocycles. The Hall–Kier alpha value is -0.130. The van der Waals surface area contributed by atoms with E-state index in [9.17, 15) is 8.42 Å². The van der Waals surface area contributed by atoms with E-state index in [1.165, 1.54) is 12.8 Å². The normalized spacial score (nSPS) is 30.0. The molecule has 3 rings (SSSR count). The number of morpholine rings is 1. The van der Waals surface area contributed by atoms with E-state index in [0.29, 0.717) is 31.6 Å². The van der Waals surface area contributed by atoms with Crippen LogP contribution in [-0.4, -0.2) is 82.9 Å². The first-order valence-electron chi connectivity index (χ1n) is 8.42. The first-order valence-corrected chi connectivity index (χ1v) is 10.2. The Morgan fingerprint density at radius 1 is 1.38 bits per heavy atom. The molecular formula is C15H28IN3O4S. The van der Waals surface area contributed by atoms with Crippen LogP contribution in [0, 0.1) is 5.92 Å². The summed E-state index contributed by atoms with van der Waals surface area (Å²) in [5.41, 5.74) is 0. The average Bonchev–Trinajstić information content (AvgIpc) is 3.27. The summed E-state index contributed by atoms with van der Waals surface area (Å²) in [7, 11) is -1.15. The first-order chi connectivity index (χ1) is 11.1. The van der Waals surface area contributed by atoms with Crippen molar-refractivity contribution in [3.05, 3.63) is 0 Å². The van der Waals surface area contributed by atoms with Crippen LogP contribution in [0.4, 0.5) is 0 Å². The second kappa shape index (κ2) is 9.00. The van der Waals surface area contributed by atoms with Crippen LogP contribution in [0.3, 0.4) is 0 Å². The summed E-state index contributed by atoms with van der Waals surface area (Å²) in [6.07, 6.45) is 3.16. The van der Waals surface area contributed by atoms with Gasteiger partial charge in [-0.25, -0.2) is 8.42 Å². The predicted octanol–water partition coefficient (Wildman–Crippen LogP) is 0.494. The quantitative estimate of drug-likeness (QED) is 0.356. The van der Waals surface area contributed by atoms with Crippen molar-refractivity contribution in [1.29, 1.82) is 0 Å². The predicted molar refractivity (Wildman–Crippen MR) is 104 cm³/mol. The monoisotopic (exact) mass is 473 g/mol. The third-order valence-electron chi connectivity index (χ3n) is 4.53. The maximum atomic E-state index is 11.6. The molecule has 2 unspecified atom stereocenters. The van der Waals surface area contributed by atoms with E-state index in [0.717, 1.165) is 25.5 Å². The lowest BCUT2D eigenvalue weighted by molar-refractivity contribution is -0.0447. The van der Waals surface area contributed by atoms with E-state index in [1.807, 2.05) is 0 Å². The fourth-order valence-corrected chi connectivity index (χ4v) is 4.93. The molecule has 1 saturated carbocycles. The number of halogens is 1. The third-order valence-corrected chi connectivity index (χ3v) is 6.36. The molecule has 7 nitrogen and oxygen atoms in total. The van der Waals surface area contributed by atoms with Crippen molar-refractivity contribution in [2.45, 2.75) is 31.4 Å². The molecule has 0 bridgehead atoms. The molecule has 2 saturated heterocycles. The summed E-state index contributed by atoms with van der Waals surface area (Å²) >= 11 is 0. The van der Waals surface area contributed by atoms with Crippen molar-refractivity contribution < 1.29 is 17.9 Å². The van der Waals surface area contributed by atoms with Crippen molar-refractivity contribution in [1.82, 2.24) is 10.2 Å². The zero-order chi connectivity index (χ0) is 16.3. The van der Waals surface area contributed by atoms with E-state index < -0.39 is 9.84 Å². The van der Waals surface area contributed by atoms with Gasteiger partial charge in [0.05, 0.1) is 30.8 Å². The highest BCUT2D eigenvalue weighted by atomic mass is 127. The number of aliphatic imine (C=N–C) groups is 1. The Morgan fingerprint density at radius 3 is 2.79 bits per heavy atom. The van der Waals surface area contributed by atoms with Crippen LogP contribution in [0.2, 0.25) is 0 Å². The topological polar surface area (TPSA) is 80.2 Å². The fraction of sp³-hybridized carbons (Fsp3) is 0.933. The molecule has 9 heteroatoms. The van der Waals surface area contributed by atoms with E-state index in [1.54, 1.807) is 7.11 Å². The maximum Gasteiger partial charge on any atom is 0.194 e. The summed E-state index contributed by atoms with van der Waals surface area (Å²) in [6.45, 7) is 3.39. The maximum absolute atomic E-state index is 11.6. The highest BCUT2D eigenvalue weighted by Crippen LogP contribution is 2.21. The summed E-state index contributed by atoms with van der Waals surface area (Å²) in [4.78, 5) is 6.96. The number of nitrogens with zero attached hydrogens (tertiary/aromatic N) is 2. The Labute approximate surface area is 161 Å². The molecule has 1 aliphatic carbocycles. The van der Waals surface area contributed by atoms with Gasteiger partial charge in [-0.3, -0.25) is 4.99 Å². The Bertz CT molecular complexity index is 537. The number of rotatable bonds is 5. The average molecular weight is 473 g/mol. The van der Waals surface area contributed by atoms with Crippen molar-refractivity contribution in [2.24, 2.45) is 10.9 Å². The Kier molecular flexibility index (Phi) is 7.57. The van der Waals surface area contributed by atoms with Gasteiger partial charge in [0.15, 0.2) is 15.8 Å². The van der Waals surface area contributed by atoms with E-state index >= 15 is 0 Å². The van der Waals surface area contributed by atoms with E-state index in [4.69, 9.17) is 14.5 Å². The van der Waals surface area contributed by atoms with Crippen LogP contribution >= 0.6 is 24.0 Å². The van der Waals surface area contributed by atoms with Gasteiger partial charge in [-0.15, -0.1) is 24.0 Å². The third kappa shape index (κ3) is 5.99. The largest absolute Gasteiger partial charge is 0.382 e. The number of guanidine groups is 1. The summed E-state index contributed by atoms with van der Waals surface area (Å²) < 4.78 is 34.1. The number of nitrogens with one attached hydrogen (secondary N) is 1. The standard InChI is InChI=1S/C15H27N3O4S.HI/c1-21-10-14-9-18(5-6-22-14)15(17-13-2-3-13)16-8-12-4-7-23(19,20)11-12;/h12-14H,2-11H2,1H3,(H,16,17);1H. The van der Waals surface area contributed by atoms with E-state index in [-0.39, 0.29) is 41.8 Å². The molecular weight excluding hydrogens is 445 g/mol. The summed E-state index contributed by atoms with van der Waals surface area (Å²) in [5, 5.41) is 3.50. The lowest BCUT2D eigenvalue weighted by atomic mass is 10.1. The van der Waals surface area contributed by atoms with E-state index in [2.05, 4.69) is 10.2 Å². The highest BCUT2D eigenvalue weighted by Gasteiger charge is 2.30. The van der Waals surface area contributed by atoms with Crippen molar-refractivity contribution in [2.75, 3.05) is 51.5 Å². The van der Waals surface area contributed by atoms with Gasteiger partial charge < -0.3 is 19.7 Å². The first kappa shape index (κ1) is 20.2. The molecule has 140 valence electrons. The zero-order valence-corrected chi connectivity index (χ0v) is 17.3. The minimum Gasteiger partial charge on any atom is -0.382 e. The molecule has 0 aromatic carbocycles. The van der Waals surface area contributed by atoms with Crippen LogP contribution in [0.25, 0.3) is 0 Å². The van der Waals surface area contributed by atoms with Crippen LogP contribution in [0.1, 0.15) is 19.3 Å². The number of methoxy groups -OCH3 is 1. The van der Waals surface area contributed by atoms with Crippen LogP contribution in [-0.2, 0) is 19.3 Å². The van der Waals surface area contributed by atoms with Crippen molar-refractivity contribution in [3.8, 4) is 0 Å². The van der Waals surface area contributed by atoms with Crippen molar-refractivity contribution >= 4 is 39.8 Å². The molecule has 3 fully saturated rings. The zero-order valence-electron chi connectivity index (χ0n) is 14.1. The number of hydrogen-bond acceptors (Lipinski definition) is 5. The summed E-state index contributed by atoms with van der Waals surface area (Å²) in [5.74, 6) is 1.65.